The van der Waals surface area contributed by atoms with Gasteiger partial charge in [0.1, 0.15) is 0 Å². The van der Waals surface area contributed by atoms with Gasteiger partial charge in [-0.3, -0.25) is 0 Å². The Morgan fingerprint density at radius 2 is 1.79 bits per heavy atom. The monoisotopic (exact) mass is 346 g/mol. The van der Waals surface area contributed by atoms with Crippen molar-refractivity contribution < 1.29 is 8.42 Å². The van der Waals surface area contributed by atoms with E-state index < -0.39 is 10.0 Å². The Kier molecular flexibility index (Phi) is 3.86. The molecule has 5 heteroatoms. The molecule has 1 aromatic rings. The number of nitrogens with one attached hydrogen (secondary N) is 1. The average molecular weight is 346 g/mol. The quantitative estimate of drug-likeness (QED) is 0.854. The number of hydrazine groups is 1. The zero-order valence-corrected chi connectivity index (χ0v) is 15.1. The third-order valence-electron chi connectivity index (χ3n) is 6.36. The van der Waals surface area contributed by atoms with Gasteiger partial charge in [0, 0.05) is 18.5 Å². The van der Waals surface area contributed by atoms with E-state index in [1.54, 1.807) is 12.1 Å². The van der Waals surface area contributed by atoms with Crippen molar-refractivity contribution in [1.29, 1.82) is 0 Å². The Hall–Kier alpha value is -1.17. The Morgan fingerprint density at radius 3 is 2.54 bits per heavy atom. The fourth-order valence-electron chi connectivity index (χ4n) is 5.10. The first-order chi connectivity index (χ1) is 11.4. The molecule has 0 spiro atoms. The molecule has 1 aliphatic heterocycles. The number of hydrogen-bond donors (Lipinski definition) is 1. The van der Waals surface area contributed by atoms with Crippen molar-refractivity contribution in [3.63, 3.8) is 0 Å². The summed E-state index contributed by atoms with van der Waals surface area (Å²) in [5.74, 6) is 0. The zero-order chi connectivity index (χ0) is 16.8. The molecule has 0 unspecified atom stereocenters. The molecular formula is C19H26N2O2S. The fraction of sp³-hybridized carbons (Fsp3) is 0.579. The van der Waals surface area contributed by atoms with Crippen LogP contribution in [0.5, 0.6) is 0 Å². The van der Waals surface area contributed by atoms with Crippen LogP contribution >= 0.6 is 0 Å². The van der Waals surface area contributed by atoms with E-state index in [1.165, 1.54) is 32.1 Å². The largest absolute Gasteiger partial charge is 0.253 e. The second kappa shape index (κ2) is 5.68. The molecule has 1 aromatic carbocycles. The molecule has 4 rings (SSSR count). The molecular weight excluding hydrogens is 320 g/mol. The van der Waals surface area contributed by atoms with E-state index in [2.05, 4.69) is 17.0 Å². The highest BCUT2D eigenvalue weighted by Gasteiger charge is 2.57. The summed E-state index contributed by atoms with van der Waals surface area (Å²) >= 11 is 0. The van der Waals surface area contributed by atoms with Crippen LogP contribution in [-0.2, 0) is 10.0 Å². The van der Waals surface area contributed by atoms with Crippen LogP contribution in [0.1, 0.15) is 44.1 Å². The van der Waals surface area contributed by atoms with E-state index >= 15 is 0 Å². The van der Waals surface area contributed by atoms with Crippen molar-refractivity contribution in [2.45, 2.75) is 50.3 Å². The van der Waals surface area contributed by atoms with Gasteiger partial charge in [-0.05, 0) is 50.2 Å². The maximum Gasteiger partial charge on any atom is 0.253 e. The molecule has 0 aromatic heterocycles. The van der Waals surface area contributed by atoms with Gasteiger partial charge < -0.3 is 0 Å². The second-order valence-electron chi connectivity index (χ2n) is 7.85. The van der Waals surface area contributed by atoms with E-state index in [0.29, 0.717) is 4.90 Å². The minimum Gasteiger partial charge on any atom is -0.229 e. The Bertz CT molecular complexity index is 756. The van der Waals surface area contributed by atoms with Gasteiger partial charge in [0.05, 0.1) is 4.90 Å². The molecule has 0 radical (unpaired) electrons. The van der Waals surface area contributed by atoms with Crippen molar-refractivity contribution in [1.82, 2.24) is 9.84 Å². The van der Waals surface area contributed by atoms with E-state index in [-0.39, 0.29) is 10.8 Å². The van der Waals surface area contributed by atoms with Gasteiger partial charge in [-0.1, -0.05) is 42.7 Å². The molecule has 2 aliphatic carbocycles. The van der Waals surface area contributed by atoms with Crippen LogP contribution in [0.25, 0.3) is 0 Å². The Balaban J connectivity index is 1.58. The lowest BCUT2D eigenvalue weighted by atomic mass is 9.54. The average Bonchev–Trinajstić information content (AvgIpc) is 2.88. The summed E-state index contributed by atoms with van der Waals surface area (Å²) in [4.78, 5) is 3.21. The van der Waals surface area contributed by atoms with Gasteiger partial charge in [0.15, 0.2) is 0 Å². The SMILES string of the molecule is Cc1ccc(S(=O)(=O)NN2C[C@@]34C=CCC[C@]3(CCCC4)C2)cc1. The smallest absolute Gasteiger partial charge is 0.229 e. The molecule has 4 nitrogen and oxygen atoms in total. The zero-order valence-electron chi connectivity index (χ0n) is 14.3. The minimum atomic E-state index is -3.50. The summed E-state index contributed by atoms with van der Waals surface area (Å²) in [7, 11) is -3.50. The van der Waals surface area contributed by atoms with E-state index in [9.17, 15) is 8.42 Å². The molecule has 2 atom stereocenters. The Morgan fingerprint density at radius 1 is 1.04 bits per heavy atom. The summed E-state index contributed by atoms with van der Waals surface area (Å²) in [6, 6.07) is 7.06. The van der Waals surface area contributed by atoms with Crippen LogP contribution in [0.2, 0.25) is 0 Å². The standard InChI is InChI=1S/C19H26N2O2S/c1-16-6-8-17(9-7-16)24(22,23)20-21-14-18-10-2-3-11-19(18,15-21)13-5-4-12-18/h2,6-10,20H,3-5,11-15H2,1H3/t18-,19-/m0/s1. The molecule has 1 heterocycles. The Labute approximate surface area is 145 Å². The van der Waals surface area contributed by atoms with Gasteiger partial charge in [-0.15, -0.1) is 4.83 Å². The number of rotatable bonds is 3. The lowest BCUT2D eigenvalue weighted by Crippen LogP contribution is -2.43. The van der Waals surface area contributed by atoms with Crippen LogP contribution in [0.3, 0.4) is 0 Å². The van der Waals surface area contributed by atoms with Crippen molar-refractivity contribution in [3.8, 4) is 0 Å². The summed E-state index contributed by atoms with van der Waals surface area (Å²) in [6.07, 6.45) is 12.0. The highest BCUT2D eigenvalue weighted by molar-refractivity contribution is 7.89. The predicted molar refractivity (Wildman–Crippen MR) is 94.8 cm³/mol. The lowest BCUT2D eigenvalue weighted by Gasteiger charge is -2.49. The number of allylic oxidation sites excluding steroid dienone is 1. The van der Waals surface area contributed by atoms with E-state index in [4.69, 9.17) is 0 Å². The molecule has 1 N–H and O–H groups in total. The van der Waals surface area contributed by atoms with Crippen LogP contribution in [0.15, 0.2) is 41.3 Å². The third kappa shape index (κ3) is 2.54. The summed E-state index contributed by atoms with van der Waals surface area (Å²) in [5.41, 5.74) is 1.49. The highest BCUT2D eigenvalue weighted by Crippen LogP contribution is 2.60. The normalized spacial score (nSPS) is 33.2. The molecule has 1 saturated carbocycles. The highest BCUT2D eigenvalue weighted by atomic mass is 32.2. The van der Waals surface area contributed by atoms with Gasteiger partial charge in [0.25, 0.3) is 10.0 Å². The summed E-state index contributed by atoms with van der Waals surface area (Å²) in [6.45, 7) is 3.60. The van der Waals surface area contributed by atoms with Gasteiger partial charge in [-0.2, -0.15) is 0 Å². The number of aryl methyl sites for hydroxylation is 1. The van der Waals surface area contributed by atoms with Gasteiger partial charge in [0.2, 0.25) is 0 Å². The van der Waals surface area contributed by atoms with Crippen LogP contribution in [0.4, 0.5) is 0 Å². The number of nitrogens with zero attached hydrogens (tertiary/aromatic N) is 1. The van der Waals surface area contributed by atoms with Crippen molar-refractivity contribution in [3.05, 3.63) is 42.0 Å². The van der Waals surface area contributed by atoms with Gasteiger partial charge >= 0.3 is 0 Å². The van der Waals surface area contributed by atoms with Crippen molar-refractivity contribution in [2.75, 3.05) is 13.1 Å². The maximum absolute atomic E-state index is 12.7. The van der Waals surface area contributed by atoms with Crippen molar-refractivity contribution >= 4 is 10.0 Å². The van der Waals surface area contributed by atoms with Gasteiger partial charge in [-0.25, -0.2) is 13.4 Å². The molecule has 0 bridgehead atoms. The molecule has 130 valence electrons. The molecule has 3 aliphatic rings. The molecule has 1 saturated heterocycles. The number of benzene rings is 1. The van der Waals surface area contributed by atoms with E-state index in [1.807, 2.05) is 24.1 Å². The molecule has 24 heavy (non-hydrogen) atoms. The number of hydrogen-bond acceptors (Lipinski definition) is 3. The first kappa shape index (κ1) is 16.3. The third-order valence-corrected chi connectivity index (χ3v) is 7.75. The topological polar surface area (TPSA) is 49.4 Å². The van der Waals surface area contributed by atoms with Crippen LogP contribution in [0, 0.1) is 17.8 Å². The first-order valence-corrected chi connectivity index (χ1v) is 10.5. The minimum absolute atomic E-state index is 0.166. The fourth-order valence-corrected chi connectivity index (χ4v) is 6.17. The summed E-state index contributed by atoms with van der Waals surface area (Å²) in [5, 5.41) is 1.97. The first-order valence-electron chi connectivity index (χ1n) is 8.97. The van der Waals surface area contributed by atoms with Crippen LogP contribution in [-0.4, -0.2) is 26.5 Å². The number of sulfonamides is 1. The lowest BCUT2D eigenvalue weighted by molar-refractivity contribution is 0.0636. The molecule has 2 fully saturated rings. The second-order valence-corrected chi connectivity index (χ2v) is 9.51. The van der Waals surface area contributed by atoms with Crippen LogP contribution < -0.4 is 4.83 Å². The van der Waals surface area contributed by atoms with E-state index in [0.717, 1.165) is 25.1 Å². The van der Waals surface area contributed by atoms with Crippen molar-refractivity contribution in [2.24, 2.45) is 10.8 Å². The molecule has 0 amide bonds. The maximum atomic E-state index is 12.7. The predicted octanol–water partition coefficient (Wildman–Crippen LogP) is 3.40. The summed E-state index contributed by atoms with van der Waals surface area (Å²) < 4.78 is 25.5.